The van der Waals surface area contributed by atoms with Crippen molar-refractivity contribution in [2.45, 2.75) is 18.6 Å². The Morgan fingerprint density at radius 1 is 1.33 bits per heavy atom. The van der Waals surface area contributed by atoms with Gasteiger partial charge < -0.3 is 10.5 Å². The highest BCUT2D eigenvalue weighted by molar-refractivity contribution is 5.44. The van der Waals surface area contributed by atoms with E-state index in [0.29, 0.717) is 12.0 Å². The molecule has 1 aromatic rings. The molecule has 15 heavy (non-hydrogen) atoms. The van der Waals surface area contributed by atoms with Crippen molar-refractivity contribution in [3.8, 4) is 5.75 Å². The highest BCUT2D eigenvalue weighted by Gasteiger charge is 2.36. The number of fused-ring (bicyclic) bond motifs is 1. The number of hydrogen-bond donors (Lipinski definition) is 1. The van der Waals surface area contributed by atoms with Crippen LogP contribution in [-0.2, 0) is 12.6 Å². The number of alkyl halides is 3. The van der Waals surface area contributed by atoms with Crippen LogP contribution in [0.3, 0.4) is 0 Å². The van der Waals surface area contributed by atoms with Crippen LogP contribution in [-0.4, -0.2) is 12.6 Å². The van der Waals surface area contributed by atoms with Gasteiger partial charge in [0.2, 0.25) is 0 Å². The Morgan fingerprint density at radius 2 is 2.07 bits per heavy atom. The Hall–Kier alpha value is -1.23. The summed E-state index contributed by atoms with van der Waals surface area (Å²) in [5, 5.41) is 0. The largest absolute Gasteiger partial charge is 0.491 e. The van der Waals surface area contributed by atoms with Crippen molar-refractivity contribution in [1.29, 1.82) is 0 Å². The summed E-state index contributed by atoms with van der Waals surface area (Å²) in [7, 11) is 0. The van der Waals surface area contributed by atoms with Gasteiger partial charge in [0, 0.05) is 6.04 Å². The van der Waals surface area contributed by atoms with Gasteiger partial charge in [-0.05, 0) is 18.1 Å². The minimum absolute atomic E-state index is 0.0632. The summed E-state index contributed by atoms with van der Waals surface area (Å²) in [6, 6.07) is 3.79. The molecule has 0 radical (unpaired) electrons. The highest BCUT2D eigenvalue weighted by Crippen LogP contribution is 2.39. The van der Waals surface area contributed by atoms with Crippen LogP contribution in [0.4, 0.5) is 13.2 Å². The molecule has 0 aliphatic carbocycles. The van der Waals surface area contributed by atoms with E-state index in [0.717, 1.165) is 6.07 Å². The van der Waals surface area contributed by atoms with E-state index in [-0.39, 0.29) is 18.4 Å². The molecule has 1 aromatic carbocycles. The third kappa shape index (κ3) is 1.92. The van der Waals surface area contributed by atoms with Gasteiger partial charge in [-0.2, -0.15) is 13.2 Å². The van der Waals surface area contributed by atoms with Crippen molar-refractivity contribution >= 4 is 0 Å². The maximum absolute atomic E-state index is 12.6. The second kappa shape index (κ2) is 3.41. The zero-order valence-corrected chi connectivity index (χ0v) is 7.84. The molecule has 1 heterocycles. The number of benzene rings is 1. The van der Waals surface area contributed by atoms with Gasteiger partial charge in [0.05, 0.1) is 5.56 Å². The zero-order valence-electron chi connectivity index (χ0n) is 7.84. The Kier molecular flexibility index (Phi) is 2.34. The highest BCUT2D eigenvalue weighted by atomic mass is 19.4. The first-order chi connectivity index (χ1) is 6.98. The van der Waals surface area contributed by atoms with Crippen LogP contribution < -0.4 is 10.5 Å². The van der Waals surface area contributed by atoms with Crippen LogP contribution in [0, 0.1) is 0 Å². The van der Waals surface area contributed by atoms with Gasteiger partial charge in [0.25, 0.3) is 0 Å². The number of nitrogens with two attached hydrogens (primary N) is 1. The van der Waals surface area contributed by atoms with Gasteiger partial charge in [-0.3, -0.25) is 0 Å². The quantitative estimate of drug-likeness (QED) is 0.721. The molecule has 1 aliphatic rings. The van der Waals surface area contributed by atoms with Crippen molar-refractivity contribution in [3.63, 3.8) is 0 Å². The molecule has 0 amide bonds. The van der Waals surface area contributed by atoms with Crippen molar-refractivity contribution in [2.75, 3.05) is 6.61 Å². The number of halogens is 3. The van der Waals surface area contributed by atoms with Crippen molar-refractivity contribution in [1.82, 2.24) is 0 Å². The van der Waals surface area contributed by atoms with Crippen LogP contribution in [0.15, 0.2) is 18.2 Å². The fraction of sp³-hybridized carbons (Fsp3) is 0.400. The molecule has 1 atom stereocenters. The molecular weight excluding hydrogens is 207 g/mol. The Bertz CT molecular complexity index is 375. The molecule has 2 nitrogen and oxygen atoms in total. The Morgan fingerprint density at radius 3 is 2.73 bits per heavy atom. The molecule has 1 unspecified atom stereocenters. The van der Waals surface area contributed by atoms with Crippen LogP contribution in [0.25, 0.3) is 0 Å². The van der Waals surface area contributed by atoms with E-state index < -0.39 is 11.7 Å². The van der Waals surface area contributed by atoms with Crippen molar-refractivity contribution in [2.24, 2.45) is 5.73 Å². The van der Waals surface area contributed by atoms with Crippen LogP contribution in [0.5, 0.6) is 5.75 Å². The van der Waals surface area contributed by atoms with Gasteiger partial charge in [0.15, 0.2) is 0 Å². The van der Waals surface area contributed by atoms with Crippen molar-refractivity contribution in [3.05, 3.63) is 29.3 Å². The minimum Gasteiger partial charge on any atom is -0.491 e. The first-order valence-electron chi connectivity index (χ1n) is 4.56. The van der Waals surface area contributed by atoms with Gasteiger partial charge in [-0.25, -0.2) is 0 Å². The first kappa shape index (κ1) is 10.3. The van der Waals surface area contributed by atoms with E-state index in [1.165, 1.54) is 6.07 Å². The summed E-state index contributed by atoms with van der Waals surface area (Å²) in [4.78, 5) is 0. The number of rotatable bonds is 0. The van der Waals surface area contributed by atoms with Gasteiger partial charge >= 0.3 is 6.18 Å². The Balaban J connectivity index is 2.47. The summed E-state index contributed by atoms with van der Waals surface area (Å²) < 4.78 is 42.7. The molecule has 2 rings (SSSR count). The zero-order chi connectivity index (χ0) is 11.1. The van der Waals surface area contributed by atoms with Gasteiger partial charge in [0.1, 0.15) is 12.4 Å². The summed E-state index contributed by atoms with van der Waals surface area (Å²) in [5.74, 6) is -0.0632. The maximum atomic E-state index is 12.6. The van der Waals surface area contributed by atoms with Gasteiger partial charge in [-0.15, -0.1) is 0 Å². The SMILES string of the molecule is NC1COc2c(cccc2C(F)(F)F)C1. The normalized spacial score (nSPS) is 20.7. The predicted octanol–water partition coefficient (Wildman–Crippen LogP) is 1.97. The average molecular weight is 217 g/mol. The fourth-order valence-electron chi connectivity index (χ4n) is 1.67. The van der Waals surface area contributed by atoms with E-state index in [1.807, 2.05) is 0 Å². The van der Waals surface area contributed by atoms with Crippen LogP contribution in [0.2, 0.25) is 0 Å². The van der Waals surface area contributed by atoms with E-state index in [4.69, 9.17) is 10.5 Å². The molecular formula is C10H10F3NO. The van der Waals surface area contributed by atoms with E-state index in [1.54, 1.807) is 6.07 Å². The standard InChI is InChI=1S/C10H10F3NO/c11-10(12,13)8-3-1-2-6-4-7(14)5-15-9(6)8/h1-3,7H,4-5,14H2. The lowest BCUT2D eigenvalue weighted by Gasteiger charge is -2.25. The molecule has 5 heteroatoms. The topological polar surface area (TPSA) is 35.2 Å². The smallest absolute Gasteiger partial charge is 0.419 e. The molecule has 0 saturated carbocycles. The fourth-order valence-corrected chi connectivity index (χ4v) is 1.67. The van der Waals surface area contributed by atoms with E-state index in [9.17, 15) is 13.2 Å². The Labute approximate surface area is 84.8 Å². The minimum atomic E-state index is -4.37. The summed E-state index contributed by atoms with van der Waals surface area (Å²) in [5.41, 5.74) is 5.42. The predicted molar refractivity (Wildman–Crippen MR) is 48.6 cm³/mol. The third-order valence-corrected chi connectivity index (χ3v) is 2.33. The molecule has 0 spiro atoms. The summed E-state index contributed by atoms with van der Waals surface area (Å²) >= 11 is 0. The molecule has 0 fully saturated rings. The summed E-state index contributed by atoms with van der Waals surface area (Å²) in [6.07, 6.45) is -3.94. The molecule has 82 valence electrons. The molecule has 2 N–H and O–H groups in total. The monoisotopic (exact) mass is 217 g/mol. The van der Waals surface area contributed by atoms with Crippen molar-refractivity contribution < 1.29 is 17.9 Å². The number of hydrogen-bond acceptors (Lipinski definition) is 2. The maximum Gasteiger partial charge on any atom is 0.419 e. The lowest BCUT2D eigenvalue weighted by Crippen LogP contribution is -2.34. The first-order valence-corrected chi connectivity index (χ1v) is 4.56. The lowest BCUT2D eigenvalue weighted by atomic mass is 10.00. The molecule has 1 aliphatic heterocycles. The number of ether oxygens (including phenoxy) is 1. The van der Waals surface area contributed by atoms with Gasteiger partial charge in [-0.1, -0.05) is 12.1 Å². The van der Waals surface area contributed by atoms with E-state index >= 15 is 0 Å². The molecule has 0 aromatic heterocycles. The van der Waals surface area contributed by atoms with E-state index in [2.05, 4.69) is 0 Å². The van der Waals surface area contributed by atoms with Crippen LogP contribution >= 0.6 is 0 Å². The molecule has 0 bridgehead atoms. The second-order valence-electron chi connectivity index (χ2n) is 3.57. The molecule has 0 saturated heterocycles. The second-order valence-corrected chi connectivity index (χ2v) is 3.57. The lowest BCUT2D eigenvalue weighted by molar-refractivity contribution is -0.139. The summed E-state index contributed by atoms with van der Waals surface area (Å²) in [6.45, 7) is 0.139. The third-order valence-electron chi connectivity index (χ3n) is 2.33. The number of para-hydroxylation sites is 1. The van der Waals surface area contributed by atoms with Crippen LogP contribution in [0.1, 0.15) is 11.1 Å². The average Bonchev–Trinajstić information content (AvgIpc) is 2.15.